The number of nitrogens with zero attached hydrogens (tertiary/aromatic N) is 4. The van der Waals surface area contributed by atoms with E-state index in [2.05, 4.69) is 39.6 Å². The van der Waals surface area contributed by atoms with Crippen LogP contribution in [0.1, 0.15) is 22.2 Å². The highest BCUT2D eigenvalue weighted by atomic mass is 32.2. The first-order valence-electron chi connectivity index (χ1n) is 10.2. The van der Waals surface area contributed by atoms with Crippen LogP contribution in [0.4, 0.5) is 5.69 Å². The molecule has 0 aliphatic heterocycles. The van der Waals surface area contributed by atoms with Crippen LogP contribution in [0.3, 0.4) is 0 Å². The van der Waals surface area contributed by atoms with E-state index in [1.807, 2.05) is 42.6 Å². The van der Waals surface area contributed by atoms with Crippen LogP contribution in [0, 0.1) is 13.8 Å². The summed E-state index contributed by atoms with van der Waals surface area (Å²) < 4.78 is 6.79. The lowest BCUT2D eigenvalue weighted by molar-refractivity contribution is -0.113. The number of carbonyl (C=O) groups is 1. The molecular weight excluding hydrogens is 474 g/mol. The Morgan fingerprint density at radius 1 is 1.09 bits per heavy atom. The van der Waals surface area contributed by atoms with Crippen LogP contribution >= 0.6 is 34.4 Å². The molecule has 1 amide bonds. The van der Waals surface area contributed by atoms with Crippen molar-refractivity contribution in [2.45, 2.75) is 25.5 Å². The lowest BCUT2D eigenvalue weighted by atomic mass is 10.2. The van der Waals surface area contributed by atoms with E-state index in [1.54, 1.807) is 22.7 Å². The average molecular weight is 494 g/mol. The quantitative estimate of drug-likeness (QED) is 0.289. The predicted molar refractivity (Wildman–Crippen MR) is 133 cm³/mol. The van der Waals surface area contributed by atoms with Crippen molar-refractivity contribution in [3.05, 3.63) is 70.0 Å². The first-order chi connectivity index (χ1) is 16.0. The number of aryl methyl sites for hydroxylation is 2. The second-order valence-corrected chi connectivity index (χ2v) is 10.4. The molecule has 3 aromatic heterocycles. The standard InChI is InChI=1S/C23H19N5O2S3/c1-13-3-8-18-19(9-13)33-22(26-18)15-4-6-16(7-5-15)25-20(29)12-32-23-28-27-21(30-23)10-17-11-31-14(2)24-17/h3-9,11H,10,12H2,1-2H3,(H,25,29). The smallest absolute Gasteiger partial charge is 0.277 e. The number of hydrogen-bond donors (Lipinski definition) is 1. The van der Waals surface area contributed by atoms with E-state index in [1.165, 1.54) is 22.0 Å². The summed E-state index contributed by atoms with van der Waals surface area (Å²) in [5.41, 5.74) is 4.88. The Hall–Kier alpha value is -3.08. The van der Waals surface area contributed by atoms with E-state index in [-0.39, 0.29) is 11.7 Å². The zero-order chi connectivity index (χ0) is 22.8. The van der Waals surface area contributed by atoms with Gasteiger partial charge in [-0.15, -0.1) is 32.9 Å². The summed E-state index contributed by atoms with van der Waals surface area (Å²) in [6.07, 6.45) is 0.491. The van der Waals surface area contributed by atoms with Crippen LogP contribution < -0.4 is 5.32 Å². The molecule has 2 aromatic carbocycles. The molecule has 0 aliphatic rings. The lowest BCUT2D eigenvalue weighted by Crippen LogP contribution is -2.13. The van der Waals surface area contributed by atoms with E-state index in [4.69, 9.17) is 9.40 Å². The number of hydrogen-bond acceptors (Lipinski definition) is 9. The minimum absolute atomic E-state index is 0.141. The zero-order valence-corrected chi connectivity index (χ0v) is 20.3. The fourth-order valence-corrected chi connectivity index (χ4v) is 5.45. The number of rotatable bonds is 7. The maximum Gasteiger partial charge on any atom is 0.277 e. The summed E-state index contributed by atoms with van der Waals surface area (Å²) in [5.74, 6) is 0.526. The van der Waals surface area contributed by atoms with Crippen molar-refractivity contribution in [1.82, 2.24) is 20.2 Å². The Labute approximate surface area is 202 Å². The molecule has 1 N–H and O–H groups in total. The molecule has 0 saturated carbocycles. The molecule has 166 valence electrons. The number of thiazole rings is 2. The van der Waals surface area contributed by atoms with Crippen molar-refractivity contribution in [1.29, 1.82) is 0 Å². The first kappa shape index (κ1) is 21.7. The fourth-order valence-electron chi connectivity index (χ4n) is 3.19. The highest BCUT2D eigenvalue weighted by Crippen LogP contribution is 2.31. The maximum absolute atomic E-state index is 12.3. The fraction of sp³-hybridized carbons (Fsp3) is 0.174. The van der Waals surface area contributed by atoms with E-state index < -0.39 is 0 Å². The SMILES string of the molecule is Cc1ccc2nc(-c3ccc(NC(=O)CSc4nnc(Cc5csc(C)n5)o4)cc3)sc2c1. The van der Waals surface area contributed by atoms with Gasteiger partial charge in [-0.3, -0.25) is 4.79 Å². The largest absolute Gasteiger partial charge is 0.416 e. The lowest BCUT2D eigenvalue weighted by Gasteiger charge is -2.04. The highest BCUT2D eigenvalue weighted by molar-refractivity contribution is 7.99. The number of nitrogens with one attached hydrogen (secondary N) is 1. The van der Waals surface area contributed by atoms with Gasteiger partial charge in [0.25, 0.3) is 5.22 Å². The van der Waals surface area contributed by atoms with E-state index in [0.29, 0.717) is 17.5 Å². The van der Waals surface area contributed by atoms with Crippen LogP contribution in [0.5, 0.6) is 0 Å². The average Bonchev–Trinajstić information content (AvgIpc) is 3.53. The number of fused-ring (bicyclic) bond motifs is 1. The van der Waals surface area contributed by atoms with Crippen LogP contribution in [-0.2, 0) is 11.2 Å². The van der Waals surface area contributed by atoms with Gasteiger partial charge >= 0.3 is 0 Å². The van der Waals surface area contributed by atoms with Gasteiger partial charge in [0.15, 0.2) is 0 Å². The second kappa shape index (κ2) is 9.42. The van der Waals surface area contributed by atoms with E-state index >= 15 is 0 Å². The summed E-state index contributed by atoms with van der Waals surface area (Å²) in [6.45, 7) is 4.03. The molecule has 0 aliphatic carbocycles. The van der Waals surface area contributed by atoms with Crippen LogP contribution in [0.2, 0.25) is 0 Å². The summed E-state index contributed by atoms with van der Waals surface area (Å²) in [4.78, 5) is 21.5. The molecule has 7 nitrogen and oxygen atoms in total. The predicted octanol–water partition coefficient (Wildman–Crippen LogP) is 5.74. The minimum Gasteiger partial charge on any atom is -0.416 e. The van der Waals surface area contributed by atoms with Crippen molar-refractivity contribution >= 4 is 56.2 Å². The normalized spacial score (nSPS) is 11.2. The van der Waals surface area contributed by atoms with Gasteiger partial charge in [0, 0.05) is 16.6 Å². The summed E-state index contributed by atoms with van der Waals surface area (Å²) >= 11 is 4.46. The number of aromatic nitrogens is 4. The molecule has 0 atom stereocenters. The third-order valence-corrected chi connectivity index (χ3v) is 7.44. The Balaban J connectivity index is 1.15. The minimum atomic E-state index is -0.141. The Bertz CT molecular complexity index is 1420. The van der Waals surface area contributed by atoms with Crippen molar-refractivity contribution in [3.8, 4) is 10.6 Å². The summed E-state index contributed by atoms with van der Waals surface area (Å²) in [6, 6.07) is 14.0. The van der Waals surface area contributed by atoms with Gasteiger partial charge in [0.1, 0.15) is 5.01 Å². The zero-order valence-electron chi connectivity index (χ0n) is 17.9. The third kappa shape index (κ3) is 5.29. The molecular formula is C23H19N5O2S3. The molecule has 0 saturated heterocycles. The topological polar surface area (TPSA) is 93.8 Å². The van der Waals surface area contributed by atoms with Gasteiger partial charge in [-0.1, -0.05) is 17.8 Å². The monoisotopic (exact) mass is 493 g/mol. The Morgan fingerprint density at radius 3 is 2.73 bits per heavy atom. The molecule has 0 spiro atoms. The highest BCUT2D eigenvalue weighted by Gasteiger charge is 2.12. The number of anilines is 1. The van der Waals surface area contributed by atoms with Gasteiger partial charge in [0.05, 0.1) is 33.1 Å². The number of carbonyl (C=O) groups excluding carboxylic acids is 1. The molecule has 3 heterocycles. The Morgan fingerprint density at radius 2 is 1.94 bits per heavy atom. The molecule has 0 radical (unpaired) electrons. The van der Waals surface area contributed by atoms with E-state index in [0.717, 1.165) is 32.5 Å². The third-order valence-electron chi connectivity index (χ3n) is 4.73. The molecule has 0 fully saturated rings. The molecule has 33 heavy (non-hydrogen) atoms. The molecule has 10 heteroatoms. The van der Waals surface area contributed by atoms with Crippen molar-refractivity contribution in [2.75, 3.05) is 11.1 Å². The molecule has 0 unspecified atom stereocenters. The summed E-state index contributed by atoms with van der Waals surface area (Å²) in [5, 5.41) is 15.2. The Kier molecular flexibility index (Phi) is 6.21. The van der Waals surface area contributed by atoms with Crippen LogP contribution in [0.15, 0.2) is 57.5 Å². The van der Waals surface area contributed by atoms with Crippen LogP contribution in [0.25, 0.3) is 20.8 Å². The number of amides is 1. The van der Waals surface area contributed by atoms with Gasteiger partial charge in [0.2, 0.25) is 11.8 Å². The number of thioether (sulfide) groups is 1. The van der Waals surface area contributed by atoms with Gasteiger partial charge in [-0.05, 0) is 55.8 Å². The van der Waals surface area contributed by atoms with E-state index in [9.17, 15) is 4.79 Å². The van der Waals surface area contributed by atoms with Gasteiger partial charge < -0.3 is 9.73 Å². The van der Waals surface area contributed by atoms with Gasteiger partial charge in [-0.2, -0.15) is 0 Å². The van der Waals surface area contributed by atoms with Crippen molar-refractivity contribution in [3.63, 3.8) is 0 Å². The summed E-state index contributed by atoms with van der Waals surface area (Å²) in [7, 11) is 0. The van der Waals surface area contributed by atoms with Crippen molar-refractivity contribution in [2.24, 2.45) is 0 Å². The molecule has 0 bridgehead atoms. The maximum atomic E-state index is 12.3. The number of benzene rings is 2. The molecule has 5 aromatic rings. The second-order valence-electron chi connectivity index (χ2n) is 7.40. The first-order valence-corrected chi connectivity index (χ1v) is 12.8. The van der Waals surface area contributed by atoms with Gasteiger partial charge in [-0.25, -0.2) is 9.97 Å². The van der Waals surface area contributed by atoms with Crippen LogP contribution in [-0.4, -0.2) is 31.8 Å². The molecule has 5 rings (SSSR count). The van der Waals surface area contributed by atoms with Crippen molar-refractivity contribution < 1.29 is 9.21 Å².